The Bertz CT molecular complexity index is 771. The molecule has 132 valence electrons. The first kappa shape index (κ1) is 18.4. The van der Waals surface area contributed by atoms with Gasteiger partial charge in [-0.15, -0.1) is 0 Å². The fourth-order valence-electron chi connectivity index (χ4n) is 2.18. The molecule has 0 saturated carbocycles. The molecule has 0 aliphatic carbocycles. The Labute approximate surface area is 145 Å². The van der Waals surface area contributed by atoms with Gasteiger partial charge >= 0.3 is 0 Å². The number of amides is 2. The SMILES string of the molecule is COCCNC(=O)CCNC(=O)c1ccc(=O)n(-c2ccccc2)c1. The normalized spacial score (nSPS) is 10.3. The highest BCUT2D eigenvalue weighted by Crippen LogP contribution is 2.05. The van der Waals surface area contributed by atoms with E-state index in [1.165, 1.54) is 22.9 Å². The van der Waals surface area contributed by atoms with Gasteiger partial charge in [-0.05, 0) is 18.2 Å². The van der Waals surface area contributed by atoms with Crippen molar-refractivity contribution in [2.45, 2.75) is 6.42 Å². The second kappa shape index (κ2) is 9.39. The monoisotopic (exact) mass is 343 g/mol. The molecule has 1 aromatic heterocycles. The number of hydrogen-bond donors (Lipinski definition) is 2. The Morgan fingerprint density at radius 1 is 1.04 bits per heavy atom. The van der Waals surface area contributed by atoms with Crippen molar-refractivity contribution in [3.8, 4) is 5.69 Å². The minimum atomic E-state index is -0.339. The summed E-state index contributed by atoms with van der Waals surface area (Å²) in [6.45, 7) is 1.09. The zero-order chi connectivity index (χ0) is 18.1. The number of para-hydroxylation sites is 1. The van der Waals surface area contributed by atoms with Crippen LogP contribution >= 0.6 is 0 Å². The number of nitrogens with one attached hydrogen (secondary N) is 2. The van der Waals surface area contributed by atoms with Gasteiger partial charge in [0.15, 0.2) is 0 Å². The third kappa shape index (κ3) is 5.58. The summed E-state index contributed by atoms with van der Waals surface area (Å²) >= 11 is 0. The Morgan fingerprint density at radius 3 is 2.52 bits per heavy atom. The molecular formula is C18H21N3O4. The molecule has 0 aliphatic rings. The minimum absolute atomic E-state index is 0.161. The first-order valence-electron chi connectivity index (χ1n) is 7.94. The standard InChI is InChI=1S/C18H21N3O4/c1-25-12-11-19-16(22)9-10-20-18(24)14-7-8-17(23)21(13-14)15-5-3-2-4-6-15/h2-8,13H,9-12H2,1H3,(H,19,22)(H,20,24). The number of benzene rings is 1. The predicted molar refractivity (Wildman–Crippen MR) is 93.9 cm³/mol. The molecule has 2 rings (SSSR count). The summed E-state index contributed by atoms with van der Waals surface area (Å²) in [6, 6.07) is 11.9. The van der Waals surface area contributed by atoms with Crippen molar-refractivity contribution < 1.29 is 14.3 Å². The van der Waals surface area contributed by atoms with Crippen molar-refractivity contribution in [1.82, 2.24) is 15.2 Å². The van der Waals surface area contributed by atoms with Gasteiger partial charge < -0.3 is 15.4 Å². The predicted octanol–water partition coefficient (Wildman–Crippen LogP) is 0.720. The van der Waals surface area contributed by atoms with E-state index in [9.17, 15) is 14.4 Å². The topological polar surface area (TPSA) is 89.4 Å². The Morgan fingerprint density at radius 2 is 1.80 bits per heavy atom. The summed E-state index contributed by atoms with van der Waals surface area (Å²) in [5.41, 5.74) is 0.809. The van der Waals surface area contributed by atoms with Crippen LogP contribution < -0.4 is 16.2 Å². The number of nitrogens with zero attached hydrogens (tertiary/aromatic N) is 1. The van der Waals surface area contributed by atoms with E-state index < -0.39 is 0 Å². The number of pyridine rings is 1. The van der Waals surface area contributed by atoms with E-state index in [0.717, 1.165) is 0 Å². The average Bonchev–Trinajstić information content (AvgIpc) is 2.63. The van der Waals surface area contributed by atoms with Crippen LogP contribution in [0.15, 0.2) is 53.5 Å². The lowest BCUT2D eigenvalue weighted by molar-refractivity contribution is -0.121. The second-order valence-electron chi connectivity index (χ2n) is 5.31. The largest absolute Gasteiger partial charge is 0.383 e. The van der Waals surface area contributed by atoms with E-state index >= 15 is 0 Å². The van der Waals surface area contributed by atoms with Crippen LogP contribution in [0.3, 0.4) is 0 Å². The van der Waals surface area contributed by atoms with Gasteiger partial charge in [-0.2, -0.15) is 0 Å². The van der Waals surface area contributed by atoms with Gasteiger partial charge in [-0.1, -0.05) is 18.2 Å². The van der Waals surface area contributed by atoms with Crippen LogP contribution in [0.1, 0.15) is 16.8 Å². The minimum Gasteiger partial charge on any atom is -0.383 e. The maximum absolute atomic E-state index is 12.2. The first-order valence-corrected chi connectivity index (χ1v) is 7.94. The smallest absolute Gasteiger partial charge is 0.255 e. The highest BCUT2D eigenvalue weighted by atomic mass is 16.5. The summed E-state index contributed by atoms with van der Waals surface area (Å²) in [5.74, 6) is -0.499. The van der Waals surface area contributed by atoms with E-state index in [1.54, 1.807) is 19.2 Å². The number of hydrogen-bond acceptors (Lipinski definition) is 4. The maximum atomic E-state index is 12.2. The molecule has 1 aromatic carbocycles. The van der Waals surface area contributed by atoms with Crippen LogP contribution in [0.2, 0.25) is 0 Å². The van der Waals surface area contributed by atoms with Crippen molar-refractivity contribution in [2.75, 3.05) is 26.8 Å². The molecule has 0 bridgehead atoms. The van der Waals surface area contributed by atoms with Crippen LogP contribution in [-0.4, -0.2) is 43.2 Å². The molecule has 0 spiro atoms. The number of carbonyl (C=O) groups is 2. The number of aromatic nitrogens is 1. The van der Waals surface area contributed by atoms with Gasteiger partial charge in [-0.25, -0.2) is 0 Å². The molecule has 7 nitrogen and oxygen atoms in total. The molecule has 0 radical (unpaired) electrons. The molecular weight excluding hydrogens is 322 g/mol. The third-order valence-corrected chi connectivity index (χ3v) is 3.47. The molecule has 0 fully saturated rings. The molecule has 2 N–H and O–H groups in total. The van der Waals surface area contributed by atoms with E-state index in [1.807, 2.05) is 18.2 Å². The molecule has 0 unspecified atom stereocenters. The van der Waals surface area contributed by atoms with Crippen LogP contribution in [0, 0.1) is 0 Å². The van der Waals surface area contributed by atoms with E-state index in [4.69, 9.17) is 4.74 Å². The highest BCUT2D eigenvalue weighted by Gasteiger charge is 2.09. The number of methoxy groups -OCH3 is 1. The quantitative estimate of drug-likeness (QED) is 0.691. The van der Waals surface area contributed by atoms with Crippen LogP contribution in [0.25, 0.3) is 5.69 Å². The zero-order valence-electron chi connectivity index (χ0n) is 14.0. The van der Waals surface area contributed by atoms with Crippen molar-refractivity contribution >= 4 is 11.8 Å². The summed E-state index contributed by atoms with van der Waals surface area (Å²) in [5, 5.41) is 5.35. The average molecular weight is 343 g/mol. The molecule has 0 saturated heterocycles. The Balaban J connectivity index is 1.94. The lowest BCUT2D eigenvalue weighted by atomic mass is 10.2. The van der Waals surface area contributed by atoms with Crippen LogP contribution in [0.5, 0.6) is 0 Å². The number of ether oxygens (including phenoxy) is 1. The summed E-state index contributed by atoms with van der Waals surface area (Å²) in [4.78, 5) is 35.8. The number of rotatable bonds is 8. The summed E-state index contributed by atoms with van der Waals surface area (Å²) in [7, 11) is 1.56. The van der Waals surface area contributed by atoms with Crippen molar-refractivity contribution in [3.05, 3.63) is 64.6 Å². The van der Waals surface area contributed by atoms with E-state index in [2.05, 4.69) is 10.6 Å². The van der Waals surface area contributed by atoms with Crippen molar-refractivity contribution in [1.29, 1.82) is 0 Å². The molecule has 0 aliphatic heterocycles. The fourth-order valence-corrected chi connectivity index (χ4v) is 2.18. The van der Waals surface area contributed by atoms with E-state index in [0.29, 0.717) is 24.4 Å². The highest BCUT2D eigenvalue weighted by molar-refractivity contribution is 5.94. The molecule has 1 heterocycles. The maximum Gasteiger partial charge on any atom is 0.255 e. The molecule has 2 aromatic rings. The molecule has 0 atom stereocenters. The summed E-state index contributed by atoms with van der Waals surface area (Å²) < 4.78 is 6.25. The van der Waals surface area contributed by atoms with Crippen molar-refractivity contribution in [2.24, 2.45) is 0 Å². The fraction of sp³-hybridized carbons (Fsp3) is 0.278. The summed E-state index contributed by atoms with van der Waals surface area (Å²) in [6.07, 6.45) is 1.67. The lowest BCUT2D eigenvalue weighted by Gasteiger charge is -2.09. The van der Waals surface area contributed by atoms with Gasteiger partial charge in [0.1, 0.15) is 0 Å². The molecule has 2 amide bonds. The van der Waals surface area contributed by atoms with Gasteiger partial charge in [0.25, 0.3) is 11.5 Å². The van der Waals surface area contributed by atoms with Gasteiger partial charge in [0.2, 0.25) is 5.91 Å². The van der Waals surface area contributed by atoms with E-state index in [-0.39, 0.29) is 30.3 Å². The first-order chi connectivity index (χ1) is 12.1. The van der Waals surface area contributed by atoms with Crippen LogP contribution in [0.4, 0.5) is 0 Å². The molecule has 25 heavy (non-hydrogen) atoms. The third-order valence-electron chi connectivity index (χ3n) is 3.47. The second-order valence-corrected chi connectivity index (χ2v) is 5.31. The van der Waals surface area contributed by atoms with Crippen molar-refractivity contribution in [3.63, 3.8) is 0 Å². The Kier molecular flexibility index (Phi) is 6.91. The van der Waals surface area contributed by atoms with Gasteiger partial charge in [-0.3, -0.25) is 19.0 Å². The zero-order valence-corrected chi connectivity index (χ0v) is 14.0. The van der Waals surface area contributed by atoms with Gasteiger partial charge in [0, 0.05) is 44.6 Å². The van der Waals surface area contributed by atoms with Gasteiger partial charge in [0.05, 0.1) is 12.2 Å². The van der Waals surface area contributed by atoms with Crippen LogP contribution in [-0.2, 0) is 9.53 Å². The molecule has 7 heteroatoms. The number of carbonyl (C=O) groups excluding carboxylic acids is 2. The lowest BCUT2D eigenvalue weighted by Crippen LogP contribution is -2.32. The Hall–Kier alpha value is -2.93.